The Kier molecular flexibility index (Phi) is 6.21. The summed E-state index contributed by atoms with van der Waals surface area (Å²) >= 11 is 3.27. The predicted molar refractivity (Wildman–Crippen MR) is 131 cm³/mol. The number of nitrogens with one attached hydrogen (secondary N) is 2. The number of nitrogens with zero attached hydrogens (tertiary/aromatic N) is 1. The molecule has 2 aliphatic carbocycles. The van der Waals surface area contributed by atoms with Crippen molar-refractivity contribution in [3.05, 3.63) is 75.8 Å². The summed E-state index contributed by atoms with van der Waals surface area (Å²) in [5.74, 6) is -2.76. The average Bonchev–Trinajstić information content (AvgIpc) is 3.51. The van der Waals surface area contributed by atoms with Gasteiger partial charge in [0.05, 0.1) is 23.1 Å². The third kappa shape index (κ3) is 4.21. The van der Waals surface area contributed by atoms with E-state index in [1.807, 2.05) is 6.92 Å². The highest BCUT2D eigenvalue weighted by Crippen LogP contribution is 2.55. The van der Waals surface area contributed by atoms with Crippen molar-refractivity contribution in [3.63, 3.8) is 0 Å². The Morgan fingerprint density at radius 3 is 2.28 bits per heavy atom. The van der Waals surface area contributed by atoms with Gasteiger partial charge in [0.2, 0.25) is 11.8 Å². The van der Waals surface area contributed by atoms with E-state index in [2.05, 4.69) is 32.9 Å². The Bertz CT molecular complexity index is 1300. The summed E-state index contributed by atoms with van der Waals surface area (Å²) < 4.78 is 5.81. The molecular weight excluding hydrogens is 530 g/mol. The largest absolute Gasteiger partial charge is 0.452 e. The lowest BCUT2D eigenvalue weighted by Gasteiger charge is -2.19. The first-order valence-corrected chi connectivity index (χ1v) is 12.2. The summed E-state index contributed by atoms with van der Waals surface area (Å²) in [5.41, 5.74) is 6.50. The molecule has 9 nitrogen and oxygen atoms in total. The maximum Gasteiger partial charge on any atom is 0.338 e. The van der Waals surface area contributed by atoms with Crippen molar-refractivity contribution < 1.29 is 28.7 Å². The Labute approximate surface area is 215 Å². The fourth-order valence-electron chi connectivity index (χ4n) is 5.33. The van der Waals surface area contributed by atoms with Crippen LogP contribution in [0.15, 0.2) is 64.7 Å². The van der Waals surface area contributed by atoms with Crippen LogP contribution in [0, 0.1) is 23.7 Å². The quantitative estimate of drug-likeness (QED) is 0.255. The van der Waals surface area contributed by atoms with Gasteiger partial charge in [0, 0.05) is 10.0 Å². The molecule has 36 heavy (non-hydrogen) atoms. The number of carbonyl (C=O) groups is 5. The number of hydrogen-bond acceptors (Lipinski definition) is 6. The zero-order valence-electron chi connectivity index (χ0n) is 19.2. The normalized spacial score (nSPS) is 23.8. The molecule has 1 saturated carbocycles. The highest BCUT2D eigenvalue weighted by Gasteiger charge is 2.60. The molecule has 1 heterocycles. The zero-order chi connectivity index (χ0) is 25.6. The molecule has 0 radical (unpaired) electrons. The lowest BCUT2D eigenvalue weighted by atomic mass is 9.82. The molecule has 2 fully saturated rings. The van der Waals surface area contributed by atoms with Crippen LogP contribution in [0.3, 0.4) is 0 Å². The highest BCUT2D eigenvalue weighted by molar-refractivity contribution is 9.10. The molecule has 5 rings (SSSR count). The van der Waals surface area contributed by atoms with Gasteiger partial charge in [0.1, 0.15) is 0 Å². The fourth-order valence-corrected chi connectivity index (χ4v) is 5.59. The number of esters is 1. The first-order valence-electron chi connectivity index (χ1n) is 11.4. The molecule has 184 valence electrons. The minimum Gasteiger partial charge on any atom is -0.452 e. The first-order chi connectivity index (χ1) is 17.2. The summed E-state index contributed by atoms with van der Waals surface area (Å²) in [6, 6.07) is 12.5. The molecule has 2 aromatic carbocycles. The maximum absolute atomic E-state index is 13.1. The summed E-state index contributed by atoms with van der Waals surface area (Å²) in [6.07, 6.45) is 2.97. The molecule has 0 aromatic heterocycles. The Morgan fingerprint density at radius 1 is 0.944 bits per heavy atom. The third-order valence-electron chi connectivity index (χ3n) is 7.00. The van der Waals surface area contributed by atoms with E-state index in [4.69, 9.17) is 4.74 Å². The van der Waals surface area contributed by atoms with Crippen LogP contribution in [-0.4, -0.2) is 36.2 Å². The molecule has 1 saturated heterocycles. The van der Waals surface area contributed by atoms with Crippen molar-refractivity contribution in [1.29, 1.82) is 0 Å². The third-order valence-corrected chi connectivity index (χ3v) is 7.53. The lowest BCUT2D eigenvalue weighted by molar-refractivity contribution is -0.125. The molecular formula is C26H22BrN3O6. The number of allylic oxidation sites excluding steroid dienone is 2. The average molecular weight is 552 g/mol. The molecule has 0 spiro atoms. The van der Waals surface area contributed by atoms with Gasteiger partial charge in [0.15, 0.2) is 6.61 Å². The van der Waals surface area contributed by atoms with Gasteiger partial charge in [-0.15, -0.1) is 0 Å². The van der Waals surface area contributed by atoms with E-state index in [0.717, 1.165) is 10.9 Å². The summed E-state index contributed by atoms with van der Waals surface area (Å²) in [5, 5.41) is 0. The molecule has 1 aliphatic heterocycles. The number of ether oxygens (including phenoxy) is 1. The summed E-state index contributed by atoms with van der Waals surface area (Å²) in [6.45, 7) is 1.40. The monoisotopic (exact) mass is 551 g/mol. The van der Waals surface area contributed by atoms with Crippen LogP contribution in [0.25, 0.3) is 0 Å². The van der Waals surface area contributed by atoms with Crippen molar-refractivity contribution in [2.75, 3.05) is 11.5 Å². The van der Waals surface area contributed by atoms with Crippen LogP contribution < -0.4 is 15.8 Å². The fraction of sp³-hybridized carbons (Fsp3) is 0.269. The minimum atomic E-state index is -0.759. The molecule has 2 N–H and O–H groups in total. The van der Waals surface area contributed by atoms with Gasteiger partial charge in [-0.25, -0.2) is 4.79 Å². The molecule has 0 unspecified atom stereocenters. The highest BCUT2D eigenvalue weighted by atomic mass is 79.9. The second-order valence-corrected chi connectivity index (χ2v) is 10.0. The smallest absolute Gasteiger partial charge is 0.338 e. The Hall–Kier alpha value is -3.79. The van der Waals surface area contributed by atoms with Gasteiger partial charge in [-0.1, -0.05) is 27.6 Å². The van der Waals surface area contributed by atoms with Crippen LogP contribution in [0.5, 0.6) is 0 Å². The lowest BCUT2D eigenvalue weighted by Crippen LogP contribution is -2.43. The molecule has 10 heteroatoms. The number of fused-ring (bicyclic) bond motifs is 5. The molecule has 4 amide bonds. The number of imide groups is 1. The standard InChI is InChI=1S/C26H22BrN3O6/c1-13-10-16-11-19(13)22-21(16)24(33)30(25(22)34)18-8-4-15(5-9-18)26(35)36-12-20(31)28-29-23(32)14-2-6-17(27)7-3-14/h2-10,16,19,21-22H,11-12H2,1H3,(H,28,31)(H,29,32)/t16-,19+,21-,22-/m0/s1. The van der Waals surface area contributed by atoms with Crippen LogP contribution >= 0.6 is 15.9 Å². The minimum absolute atomic E-state index is 0.112. The van der Waals surface area contributed by atoms with E-state index in [9.17, 15) is 24.0 Å². The van der Waals surface area contributed by atoms with Crippen LogP contribution in [0.1, 0.15) is 34.1 Å². The summed E-state index contributed by atoms with van der Waals surface area (Å²) in [4.78, 5) is 63.6. The van der Waals surface area contributed by atoms with Crippen molar-refractivity contribution in [2.45, 2.75) is 13.3 Å². The number of carbonyl (C=O) groups excluding carboxylic acids is 5. The SMILES string of the molecule is CC1=C[C@H]2C[C@H]1[C@@H]1C(=O)N(c3ccc(C(=O)OCC(=O)NNC(=O)c4ccc(Br)cc4)cc3)C(=O)[C@H]12. The molecule has 3 aliphatic rings. The topological polar surface area (TPSA) is 122 Å². The summed E-state index contributed by atoms with van der Waals surface area (Å²) in [7, 11) is 0. The second kappa shape index (κ2) is 9.34. The van der Waals surface area contributed by atoms with Gasteiger partial charge >= 0.3 is 5.97 Å². The zero-order valence-corrected chi connectivity index (χ0v) is 20.8. The van der Waals surface area contributed by atoms with E-state index in [-0.39, 0.29) is 41.0 Å². The van der Waals surface area contributed by atoms with E-state index in [1.54, 1.807) is 24.3 Å². The molecule has 2 aromatic rings. The number of amides is 4. The molecule has 4 atom stereocenters. The van der Waals surface area contributed by atoms with Crippen LogP contribution in [0.4, 0.5) is 5.69 Å². The van der Waals surface area contributed by atoms with Crippen molar-refractivity contribution >= 4 is 51.2 Å². The Morgan fingerprint density at radius 2 is 1.58 bits per heavy atom. The van der Waals surface area contributed by atoms with Gasteiger partial charge < -0.3 is 4.74 Å². The van der Waals surface area contributed by atoms with E-state index < -0.39 is 24.4 Å². The maximum atomic E-state index is 13.1. The van der Waals surface area contributed by atoms with Gasteiger partial charge in [-0.3, -0.25) is 34.9 Å². The number of halogens is 1. The van der Waals surface area contributed by atoms with Crippen molar-refractivity contribution in [1.82, 2.24) is 10.9 Å². The number of hydrogen-bond donors (Lipinski definition) is 2. The molecule has 2 bridgehead atoms. The van der Waals surface area contributed by atoms with E-state index in [0.29, 0.717) is 11.3 Å². The van der Waals surface area contributed by atoms with E-state index in [1.165, 1.54) is 34.7 Å². The number of benzene rings is 2. The van der Waals surface area contributed by atoms with E-state index >= 15 is 0 Å². The number of rotatable bonds is 5. The number of hydrazine groups is 1. The first kappa shape index (κ1) is 23.9. The van der Waals surface area contributed by atoms with Gasteiger partial charge in [-0.05, 0) is 73.7 Å². The predicted octanol–water partition coefficient (Wildman–Crippen LogP) is 2.77. The van der Waals surface area contributed by atoms with Crippen molar-refractivity contribution in [2.24, 2.45) is 23.7 Å². The number of anilines is 1. The van der Waals surface area contributed by atoms with Crippen molar-refractivity contribution in [3.8, 4) is 0 Å². The van der Waals surface area contributed by atoms with Crippen LogP contribution in [0.2, 0.25) is 0 Å². The second-order valence-electron chi connectivity index (χ2n) is 9.11. The van der Waals surface area contributed by atoms with Crippen LogP contribution in [-0.2, 0) is 19.1 Å². The Balaban J connectivity index is 1.14. The van der Waals surface area contributed by atoms with Gasteiger partial charge in [0.25, 0.3) is 11.8 Å². The van der Waals surface area contributed by atoms with Gasteiger partial charge in [-0.2, -0.15) is 0 Å².